The Labute approximate surface area is 772 Å². The van der Waals surface area contributed by atoms with Crippen LogP contribution in [0.15, 0.2) is 153 Å². The Kier molecular flexibility index (Phi) is 32.5. The molecule has 0 radical (unpaired) electrons. The topological polar surface area (TPSA) is 1010 Å². The molecular formula is C63H79N14O57P7. The zero-order valence-electron chi connectivity index (χ0n) is 69.9. The van der Waals surface area contributed by atoms with Gasteiger partial charge in [-0.2, -0.15) is 0 Å². The van der Waals surface area contributed by atoms with Crippen molar-refractivity contribution in [3.05, 3.63) is 232 Å². The molecule has 0 bridgehead atoms. The Hall–Kier alpha value is -9.07. The van der Waals surface area contributed by atoms with Gasteiger partial charge in [0.2, 0.25) is 0 Å². The van der Waals surface area contributed by atoms with E-state index in [1.807, 2.05) is 15.0 Å². The molecular weight excluding hydrogens is 2080 g/mol. The van der Waals surface area contributed by atoms with E-state index in [2.05, 4.69) is 4.52 Å². The van der Waals surface area contributed by atoms with E-state index in [-0.39, 0.29) is 0 Å². The largest absolute Gasteiger partial charge is 0.472 e. The Bertz CT molecular complexity index is 7070. The van der Waals surface area contributed by atoms with Crippen molar-refractivity contribution in [3.8, 4) is 0 Å². The second-order valence-corrected chi connectivity index (χ2v) is 40.5. The lowest BCUT2D eigenvalue weighted by molar-refractivity contribution is -0.0685. The number of hydrogen-bond donors (Lipinski definition) is 23. The van der Waals surface area contributed by atoms with Crippen molar-refractivity contribution >= 4 is 54.8 Å². The molecule has 0 amide bonds. The van der Waals surface area contributed by atoms with Crippen molar-refractivity contribution in [2.75, 3.05) is 46.2 Å². The molecule has 7 saturated heterocycles. The number of ether oxygens (including phenoxy) is 7. The fourth-order valence-electron chi connectivity index (χ4n) is 15.0. The van der Waals surface area contributed by atoms with Crippen molar-refractivity contribution < 1.29 is 204 Å². The minimum atomic E-state index is -6.15. The zero-order chi connectivity index (χ0) is 103. The zero-order valence-corrected chi connectivity index (χ0v) is 76.1. The Morgan fingerprint density at radius 2 is 0.383 bits per heavy atom. The van der Waals surface area contributed by atoms with Gasteiger partial charge in [0.25, 0.3) is 38.9 Å². The first-order valence-corrected chi connectivity index (χ1v) is 50.3. The maximum atomic E-state index is 14.3. The van der Waals surface area contributed by atoms with Gasteiger partial charge in [-0.15, -0.1) is 0 Å². The third kappa shape index (κ3) is 25.2. The minimum Gasteiger partial charge on any atom is -0.387 e. The molecule has 0 aliphatic carbocycles. The molecule has 7 aromatic rings. The first-order chi connectivity index (χ1) is 65.9. The molecule has 0 aromatic carbocycles. The summed E-state index contributed by atoms with van der Waals surface area (Å²) in [4.78, 5) is 275. The van der Waals surface area contributed by atoms with Crippen molar-refractivity contribution in [3.63, 3.8) is 0 Å². The summed E-state index contributed by atoms with van der Waals surface area (Å²) in [5.74, 6) is 0. The first-order valence-electron chi connectivity index (χ1n) is 39.8. The number of nitrogens with zero attached hydrogens (tertiary/aromatic N) is 7. The van der Waals surface area contributed by atoms with Crippen LogP contribution in [-0.4, -0.2) is 321 Å². The van der Waals surface area contributed by atoms with Crippen molar-refractivity contribution in [1.82, 2.24) is 66.9 Å². The van der Waals surface area contributed by atoms with Gasteiger partial charge in [-0.25, -0.2) is 65.5 Å². The third-order valence-electron chi connectivity index (χ3n) is 21.4. The van der Waals surface area contributed by atoms with E-state index in [4.69, 9.17) is 87.4 Å². The van der Waals surface area contributed by atoms with Gasteiger partial charge >= 0.3 is 94.6 Å². The quantitative estimate of drug-likeness (QED) is 0.0159. The van der Waals surface area contributed by atoms with Crippen molar-refractivity contribution in [1.29, 1.82) is 0 Å². The molecule has 141 heavy (non-hydrogen) atoms. The Balaban J connectivity index is 0.660. The Morgan fingerprint density at radius 3 is 0.589 bits per heavy atom. The van der Waals surface area contributed by atoms with Crippen molar-refractivity contribution in [2.45, 2.75) is 172 Å². The SMILES string of the molecule is O=c1ccn([C@@H]2O[C@H](COP(=O)(O)O[C@H]3[C@@H](O)[C@H](n4ccc(=O)[nH]c4=O)O[C@@H]3COP(=O)(O)O[C@H]3[C@@H](O)[C@H](n4ccc(=O)[nH]c4=O)O[C@@H]3COP(=O)(O)O[C@@H]3[C@H](O)[C@@H](COP(=O)(O)O[C@H]4[C@@H](O)[C@H](n5ccc(=O)[nH]c5=O)O[C@@H]4COP(=O)(O)O[C@H]4[C@@H](O)[C@H](n5ccc(=O)[nH]c5=O)O[C@@H]4COP(=O)(O)O[C@H]4[C@@H](O)[C@H](n5ccc(=O)[nH]c5=O)O[C@@H]4COP(=O)(O)O)O[C@H]3n3ccc(=O)[nH]c3=O)[C@@H](O)[C@H]2O)c(=O)[nH]1. The van der Waals surface area contributed by atoms with Gasteiger partial charge in [0, 0.05) is 85.8 Å². The second kappa shape index (κ2) is 42.5. The standard InChI is InChI=1S/C63H79N14O57P7/c78-29-1-8-71(57(93)64-29)50-38(87)36(85)22(122-50)15-116-136(103,104)130-45-25(125-52(40(45)89)73-10-3-31(80)66-59(73)95)18-119-140(111,112)133-48-28(128-55(43(48)92)76-13-6-34(83)69-62(76)98)21-121-141(113,114)134-49-37(86)23(123-56(49)77-14-7-35(84)70-63(77)99)16-117-137(105,106)131-46-26(126-53(41(46)90)74-11-4-32(81)67-60(74)96)19-120-139(109,110)132-47-27(127-54(42(47)91)75-12-5-33(82)68-61(75)97)20-118-138(107,108)129-44-24(17-115-135(100,101)102)124-51(39(44)88)72-9-2-30(79)65-58(72)94/h1-14,22-28,36-56,85-92H,15-21H2,(H,103,104)(H,105,106)(H,107,108)(H,109,110)(H,111,112)(H,113,114)(H,64,78,93)(H,65,79,94)(H,66,80,95)(H,67,81,96)(H,68,82,97)(H,69,83,98)(H,70,84,99)(H2,100,101,102)/t22-,23-,24-,25-,26-,27-,28-,36-,37-,38-,39-,40-,41-,42-,43-,44-,45-,46-,47-,48-,49-,50-,51-,52-,53-,54-,55-,56-/m1/s1. The number of aromatic amines is 7. The Morgan fingerprint density at radius 1 is 0.220 bits per heavy atom. The fourth-order valence-corrected chi connectivity index (χ4v) is 21.1. The van der Waals surface area contributed by atoms with E-state index >= 15 is 0 Å². The summed E-state index contributed by atoms with van der Waals surface area (Å²) in [5, 5.41) is 91.5. The van der Waals surface area contributed by atoms with Crippen LogP contribution in [0.25, 0.3) is 0 Å². The van der Waals surface area contributed by atoms with Gasteiger partial charge in [0.15, 0.2) is 43.6 Å². The van der Waals surface area contributed by atoms with E-state index in [0.29, 0.717) is 81.0 Å². The molecule has 78 heteroatoms. The molecule has 14 heterocycles. The summed E-state index contributed by atoms with van der Waals surface area (Å²) < 4.78 is 205. The molecule has 14 rings (SSSR count). The summed E-state index contributed by atoms with van der Waals surface area (Å²) in [6.45, 7) is -10.3. The second-order valence-electron chi connectivity index (χ2n) is 30.8. The number of H-pyrrole nitrogens is 7. The molecule has 7 aliphatic rings. The van der Waals surface area contributed by atoms with Gasteiger partial charge < -0.3 is 113 Å². The predicted molar refractivity (Wildman–Crippen MR) is 437 cm³/mol. The highest BCUT2D eigenvalue weighted by atomic mass is 31.2. The van der Waals surface area contributed by atoms with Gasteiger partial charge in [0.1, 0.15) is 128 Å². The molecule has 7 fully saturated rings. The minimum absolute atomic E-state index is 0.352. The predicted octanol–water partition coefficient (Wildman–Crippen LogP) is -12.9. The highest BCUT2D eigenvalue weighted by Gasteiger charge is 2.59. The normalized spacial score (nSPS) is 33.3. The maximum absolute atomic E-state index is 14.3. The summed E-state index contributed by atoms with van der Waals surface area (Å²) >= 11 is 0. The van der Waals surface area contributed by atoms with Crippen LogP contribution in [0.1, 0.15) is 43.6 Å². The molecule has 34 atom stereocenters. The van der Waals surface area contributed by atoms with Gasteiger partial charge in [0.05, 0.1) is 46.2 Å². The van der Waals surface area contributed by atoms with E-state index < -0.39 is 352 Å². The number of nitrogens with one attached hydrogen (secondary N) is 7. The van der Waals surface area contributed by atoms with Crippen LogP contribution in [0.4, 0.5) is 0 Å². The van der Waals surface area contributed by atoms with Crippen LogP contribution >= 0.6 is 54.8 Å². The number of rotatable bonds is 40. The number of phosphoric ester groups is 7. The van der Waals surface area contributed by atoms with Gasteiger partial charge in [-0.1, -0.05) is 0 Å². The van der Waals surface area contributed by atoms with Crippen LogP contribution in [0.3, 0.4) is 0 Å². The average Bonchev–Trinajstić information content (AvgIpc) is 1.64. The molecule has 778 valence electrons. The molecule has 71 nitrogen and oxygen atoms in total. The van der Waals surface area contributed by atoms with Crippen LogP contribution in [0.2, 0.25) is 0 Å². The molecule has 7 aliphatic heterocycles. The maximum Gasteiger partial charge on any atom is 0.472 e. The van der Waals surface area contributed by atoms with E-state index in [9.17, 15) is 179 Å². The van der Waals surface area contributed by atoms with Crippen LogP contribution < -0.4 is 78.7 Å². The molecule has 0 saturated carbocycles. The monoisotopic (exact) mass is 2160 g/mol. The molecule has 0 spiro atoms. The van der Waals surface area contributed by atoms with Gasteiger partial charge in [-0.3, -0.25) is 159 Å². The molecule has 23 N–H and O–H groups in total. The van der Waals surface area contributed by atoms with E-state index in [1.54, 1.807) is 19.9 Å². The lowest BCUT2D eigenvalue weighted by atomic mass is 10.1. The van der Waals surface area contributed by atoms with E-state index in [0.717, 1.165) is 36.8 Å². The van der Waals surface area contributed by atoms with Crippen LogP contribution in [0.5, 0.6) is 0 Å². The number of phosphoric acid groups is 7. The lowest BCUT2D eigenvalue weighted by Gasteiger charge is -2.27. The average molecular weight is 2160 g/mol. The number of hydrogen-bond acceptors (Lipinski definition) is 49. The number of aliphatic hydroxyl groups is 8. The summed E-state index contributed by atoms with van der Waals surface area (Å²) in [6.07, 6.45) is -58.9. The first kappa shape index (κ1) is 108. The number of aliphatic hydroxyl groups excluding tert-OH is 8. The molecule has 7 aromatic heterocycles. The third-order valence-corrected chi connectivity index (χ3v) is 27.8. The summed E-state index contributed by atoms with van der Waals surface area (Å²) in [7, 11) is -41.5. The summed E-state index contributed by atoms with van der Waals surface area (Å²) in [5.41, 5.74) is -16.6. The van der Waals surface area contributed by atoms with Gasteiger partial charge in [-0.05, 0) is 0 Å². The highest BCUT2D eigenvalue weighted by Crippen LogP contribution is 2.58. The van der Waals surface area contributed by atoms with Crippen LogP contribution in [-0.2, 0) is 124 Å². The smallest absolute Gasteiger partial charge is 0.387 e. The van der Waals surface area contributed by atoms with Crippen molar-refractivity contribution in [2.24, 2.45) is 0 Å². The summed E-state index contributed by atoms with van der Waals surface area (Å²) in [6, 6.07) is 4.96. The highest BCUT2D eigenvalue weighted by molar-refractivity contribution is 7.49. The van der Waals surface area contributed by atoms with Crippen LogP contribution in [0, 0.1) is 0 Å². The number of aromatic nitrogens is 14. The van der Waals surface area contributed by atoms with E-state index in [1.165, 1.54) is 0 Å². The fraction of sp³-hybridized carbons (Fsp3) is 0.556. The lowest BCUT2D eigenvalue weighted by Crippen LogP contribution is -2.40. The molecule has 6 unspecified atom stereocenters.